The van der Waals surface area contributed by atoms with Crippen LogP contribution in [-0.2, 0) is 11.4 Å². The fraction of sp³-hybridized carbons (Fsp3) is 0.0667. The summed E-state index contributed by atoms with van der Waals surface area (Å²) >= 11 is 3.41. The lowest BCUT2D eigenvalue weighted by molar-refractivity contribution is -0.111. The van der Waals surface area contributed by atoms with Gasteiger partial charge in [-0.2, -0.15) is 0 Å². The topological polar surface area (TPSA) is 62.2 Å². The van der Waals surface area contributed by atoms with Crippen molar-refractivity contribution in [2.45, 2.75) is 6.61 Å². The second-order valence-corrected chi connectivity index (χ2v) is 4.89. The average Bonchev–Trinajstić information content (AvgIpc) is 2.47. The van der Waals surface area contributed by atoms with E-state index in [0.717, 1.165) is 10.0 Å². The lowest BCUT2D eigenvalue weighted by Gasteiger charge is -2.06. The normalized spacial score (nSPS) is 10.7. The number of hydrogen-bond donors (Lipinski definition) is 2. The summed E-state index contributed by atoms with van der Waals surface area (Å²) in [5.74, 6) is -0.275. The minimum absolute atomic E-state index is 0.147. The van der Waals surface area contributed by atoms with E-state index in [0.29, 0.717) is 11.3 Å². The number of hydrogen-bond acceptors (Lipinski definition) is 3. The molecule has 1 aromatic carbocycles. The quantitative estimate of drug-likeness (QED) is 0.846. The van der Waals surface area contributed by atoms with Crippen LogP contribution in [0.25, 0.3) is 6.08 Å². The molecule has 0 fully saturated rings. The van der Waals surface area contributed by atoms with Crippen LogP contribution in [0.2, 0.25) is 0 Å². The van der Waals surface area contributed by atoms with E-state index >= 15 is 0 Å². The first-order valence-electron chi connectivity index (χ1n) is 5.98. The minimum atomic E-state index is -0.275. The highest BCUT2D eigenvalue weighted by Gasteiger charge is 2.04. The third-order valence-corrected chi connectivity index (χ3v) is 3.38. The Kier molecular flexibility index (Phi) is 5.03. The van der Waals surface area contributed by atoms with Crippen LogP contribution in [0.1, 0.15) is 11.1 Å². The highest BCUT2D eigenvalue weighted by molar-refractivity contribution is 9.10. The first-order chi connectivity index (χ1) is 9.70. The molecule has 0 saturated heterocycles. The fourth-order valence-electron chi connectivity index (χ4n) is 1.62. The number of rotatable bonds is 4. The number of carbonyl (C=O) groups excluding carboxylic acids is 1. The van der Waals surface area contributed by atoms with Gasteiger partial charge in [-0.15, -0.1) is 0 Å². The molecular formula is C15H13BrN2O2. The van der Waals surface area contributed by atoms with Gasteiger partial charge in [0.1, 0.15) is 0 Å². The Bertz CT molecular complexity index is 641. The highest BCUT2D eigenvalue weighted by atomic mass is 79.9. The molecule has 0 bridgehead atoms. The Balaban J connectivity index is 2.08. The molecule has 102 valence electrons. The van der Waals surface area contributed by atoms with Gasteiger partial charge in [-0.3, -0.25) is 9.78 Å². The van der Waals surface area contributed by atoms with Crippen LogP contribution in [0.15, 0.2) is 53.3 Å². The zero-order valence-electron chi connectivity index (χ0n) is 10.6. The largest absolute Gasteiger partial charge is 0.392 e. The molecule has 4 nitrogen and oxygen atoms in total. The van der Waals surface area contributed by atoms with E-state index in [-0.39, 0.29) is 12.5 Å². The summed E-state index contributed by atoms with van der Waals surface area (Å²) in [6.07, 6.45) is 6.23. The number of nitrogens with one attached hydrogen (secondary N) is 1. The third-order valence-electron chi connectivity index (χ3n) is 2.66. The number of aromatic nitrogens is 1. The van der Waals surface area contributed by atoms with Crippen LogP contribution in [-0.4, -0.2) is 16.0 Å². The number of anilines is 1. The molecule has 1 heterocycles. The van der Waals surface area contributed by atoms with Crippen LogP contribution < -0.4 is 5.32 Å². The molecule has 5 heteroatoms. The van der Waals surface area contributed by atoms with E-state index in [1.165, 1.54) is 12.3 Å². The number of amides is 1. The molecule has 20 heavy (non-hydrogen) atoms. The van der Waals surface area contributed by atoms with E-state index in [9.17, 15) is 9.90 Å². The van der Waals surface area contributed by atoms with Crippen molar-refractivity contribution >= 4 is 33.6 Å². The highest BCUT2D eigenvalue weighted by Crippen LogP contribution is 2.17. The Morgan fingerprint density at radius 3 is 2.90 bits per heavy atom. The molecule has 2 N–H and O–H groups in total. The van der Waals surface area contributed by atoms with Crippen molar-refractivity contribution in [3.05, 3.63) is 64.4 Å². The first-order valence-corrected chi connectivity index (χ1v) is 6.77. The second-order valence-electron chi connectivity index (χ2n) is 4.04. The smallest absolute Gasteiger partial charge is 0.248 e. The van der Waals surface area contributed by atoms with Crippen molar-refractivity contribution in [2.24, 2.45) is 0 Å². The maximum Gasteiger partial charge on any atom is 0.248 e. The Hall–Kier alpha value is -1.98. The molecule has 1 aromatic heterocycles. The van der Waals surface area contributed by atoms with Gasteiger partial charge in [0.05, 0.1) is 18.5 Å². The maximum absolute atomic E-state index is 11.8. The van der Waals surface area contributed by atoms with Crippen molar-refractivity contribution in [3.8, 4) is 0 Å². The molecule has 0 spiro atoms. The molecule has 1 amide bonds. The number of carbonyl (C=O) groups is 1. The summed E-state index contributed by atoms with van der Waals surface area (Å²) in [5, 5.41) is 11.9. The van der Waals surface area contributed by atoms with Gasteiger partial charge in [-0.25, -0.2) is 0 Å². The minimum Gasteiger partial charge on any atom is -0.392 e. The predicted molar refractivity (Wildman–Crippen MR) is 82.0 cm³/mol. The summed E-state index contributed by atoms with van der Waals surface area (Å²) < 4.78 is 0.918. The van der Waals surface area contributed by atoms with Crippen molar-refractivity contribution < 1.29 is 9.90 Å². The van der Waals surface area contributed by atoms with E-state index in [1.54, 1.807) is 18.3 Å². The van der Waals surface area contributed by atoms with Crippen molar-refractivity contribution in [1.82, 2.24) is 4.98 Å². The molecule has 0 aliphatic carbocycles. The lowest BCUT2D eigenvalue weighted by Crippen LogP contribution is -2.10. The molecule has 2 aromatic rings. The van der Waals surface area contributed by atoms with Gasteiger partial charge in [0.15, 0.2) is 0 Å². The SMILES string of the molecule is O=C(/C=C/c1ccccc1Br)Nc1cnccc1CO. The van der Waals surface area contributed by atoms with Gasteiger partial charge < -0.3 is 10.4 Å². The number of aliphatic hydroxyl groups is 1. The third kappa shape index (κ3) is 3.76. The first kappa shape index (κ1) is 14.4. The van der Waals surface area contributed by atoms with E-state index in [1.807, 2.05) is 24.3 Å². The van der Waals surface area contributed by atoms with Gasteiger partial charge in [0.2, 0.25) is 5.91 Å². The standard InChI is InChI=1S/C15H13BrN2O2/c16-13-4-2-1-3-11(13)5-6-15(20)18-14-9-17-8-7-12(14)10-19/h1-9,19H,10H2,(H,18,20)/b6-5+. The van der Waals surface area contributed by atoms with E-state index < -0.39 is 0 Å². The molecule has 0 unspecified atom stereocenters. The summed E-state index contributed by atoms with van der Waals surface area (Å²) in [6.45, 7) is -0.147. The van der Waals surface area contributed by atoms with Crippen LogP contribution in [0.4, 0.5) is 5.69 Å². The Morgan fingerprint density at radius 1 is 1.35 bits per heavy atom. The van der Waals surface area contributed by atoms with Gasteiger partial charge >= 0.3 is 0 Å². The Labute approximate surface area is 125 Å². The van der Waals surface area contributed by atoms with E-state index in [4.69, 9.17) is 0 Å². The number of aliphatic hydroxyl groups excluding tert-OH is 1. The summed E-state index contributed by atoms with van der Waals surface area (Å²) in [4.78, 5) is 15.8. The molecule has 0 atom stereocenters. The fourth-order valence-corrected chi connectivity index (χ4v) is 2.04. The molecular weight excluding hydrogens is 320 g/mol. The number of halogens is 1. The predicted octanol–water partition coefficient (Wildman–Crippen LogP) is 2.99. The summed E-state index contributed by atoms with van der Waals surface area (Å²) in [7, 11) is 0. The van der Waals surface area contributed by atoms with Gasteiger partial charge in [-0.05, 0) is 23.8 Å². The van der Waals surface area contributed by atoms with Gasteiger partial charge in [0.25, 0.3) is 0 Å². The number of benzene rings is 1. The zero-order chi connectivity index (χ0) is 14.4. The van der Waals surface area contributed by atoms with Crippen LogP contribution in [0.5, 0.6) is 0 Å². The Morgan fingerprint density at radius 2 is 2.15 bits per heavy atom. The number of nitrogens with zero attached hydrogens (tertiary/aromatic N) is 1. The average molecular weight is 333 g/mol. The van der Waals surface area contributed by atoms with Gasteiger partial charge in [-0.1, -0.05) is 34.1 Å². The van der Waals surface area contributed by atoms with E-state index in [2.05, 4.69) is 26.2 Å². The zero-order valence-corrected chi connectivity index (χ0v) is 12.2. The molecule has 0 aliphatic heterocycles. The van der Waals surface area contributed by atoms with Crippen LogP contribution in [0, 0.1) is 0 Å². The van der Waals surface area contributed by atoms with Gasteiger partial charge in [0, 0.05) is 22.3 Å². The second kappa shape index (κ2) is 6.98. The molecule has 2 rings (SSSR count). The monoisotopic (exact) mass is 332 g/mol. The number of pyridine rings is 1. The maximum atomic E-state index is 11.8. The van der Waals surface area contributed by atoms with Crippen molar-refractivity contribution in [2.75, 3.05) is 5.32 Å². The molecule has 0 saturated carbocycles. The van der Waals surface area contributed by atoms with Crippen molar-refractivity contribution in [3.63, 3.8) is 0 Å². The van der Waals surface area contributed by atoms with Crippen LogP contribution in [0.3, 0.4) is 0 Å². The van der Waals surface area contributed by atoms with Crippen LogP contribution >= 0.6 is 15.9 Å². The summed E-state index contributed by atoms with van der Waals surface area (Å²) in [6, 6.07) is 9.27. The summed E-state index contributed by atoms with van der Waals surface area (Å²) in [5.41, 5.74) is 2.05. The van der Waals surface area contributed by atoms with Crippen molar-refractivity contribution in [1.29, 1.82) is 0 Å². The molecule has 0 radical (unpaired) electrons. The molecule has 0 aliphatic rings. The lowest BCUT2D eigenvalue weighted by atomic mass is 10.2.